The van der Waals surface area contributed by atoms with Gasteiger partial charge in [0.1, 0.15) is 0 Å². The molecule has 1 aromatic heterocycles. The number of unbranched alkanes of at least 4 members (excludes halogenated alkanes) is 3. The van der Waals surface area contributed by atoms with Gasteiger partial charge in [0.15, 0.2) is 5.96 Å². The molecule has 2 rings (SSSR count). The van der Waals surface area contributed by atoms with Crippen molar-refractivity contribution in [2.75, 3.05) is 20.2 Å². The Morgan fingerprint density at radius 3 is 2.64 bits per heavy atom. The second kappa shape index (κ2) is 11.9. The van der Waals surface area contributed by atoms with Crippen LogP contribution in [-0.2, 0) is 9.59 Å². The predicted octanol–water partition coefficient (Wildman–Crippen LogP) is 1.85. The highest BCUT2D eigenvalue weighted by atomic mass is 16.5. The summed E-state index contributed by atoms with van der Waals surface area (Å²) in [5.41, 5.74) is 0.809. The first-order chi connectivity index (χ1) is 13.6. The van der Waals surface area contributed by atoms with Crippen LogP contribution in [0.1, 0.15) is 62.8 Å². The Morgan fingerprint density at radius 2 is 2.00 bits per heavy atom. The number of carboxylic acid groups (broad SMARTS) is 1. The molecule has 3 N–H and O–H groups in total. The van der Waals surface area contributed by atoms with Gasteiger partial charge in [-0.1, -0.05) is 19.3 Å². The van der Waals surface area contributed by atoms with E-state index in [2.05, 4.69) is 25.6 Å². The predicted molar refractivity (Wildman–Crippen MR) is 104 cm³/mol. The zero-order valence-electron chi connectivity index (χ0n) is 16.3. The molecule has 1 aliphatic heterocycles. The number of carboxylic acids is 1. The van der Waals surface area contributed by atoms with Gasteiger partial charge in [0.2, 0.25) is 5.91 Å². The van der Waals surface area contributed by atoms with E-state index in [0.29, 0.717) is 12.4 Å². The van der Waals surface area contributed by atoms with E-state index in [9.17, 15) is 9.59 Å². The molecule has 1 amide bonds. The molecule has 154 valence electrons. The van der Waals surface area contributed by atoms with Crippen molar-refractivity contribution in [3.8, 4) is 6.01 Å². The highest BCUT2D eigenvalue weighted by Crippen LogP contribution is 2.26. The minimum Gasteiger partial charge on any atom is -0.481 e. The SMILES string of the molecule is COc1ncc(C(CCCCCCC(=O)NC2=NCCCN2)CC(=O)O)cn1. The lowest BCUT2D eigenvalue weighted by Gasteiger charge is -2.15. The molecule has 0 saturated heterocycles. The van der Waals surface area contributed by atoms with Crippen LogP contribution in [0.2, 0.25) is 0 Å². The van der Waals surface area contributed by atoms with Crippen molar-refractivity contribution >= 4 is 17.8 Å². The number of carbonyl (C=O) groups excluding carboxylic acids is 1. The smallest absolute Gasteiger partial charge is 0.316 e. The van der Waals surface area contributed by atoms with Gasteiger partial charge in [0.25, 0.3) is 0 Å². The maximum absolute atomic E-state index is 11.9. The van der Waals surface area contributed by atoms with Gasteiger partial charge in [-0.2, -0.15) is 0 Å². The molecule has 9 heteroatoms. The first-order valence-electron chi connectivity index (χ1n) is 9.74. The van der Waals surface area contributed by atoms with Crippen LogP contribution in [0, 0.1) is 0 Å². The maximum Gasteiger partial charge on any atom is 0.316 e. The molecular formula is C19H29N5O4. The summed E-state index contributed by atoms with van der Waals surface area (Å²) in [7, 11) is 1.49. The Hall–Kier alpha value is -2.71. The molecule has 0 bridgehead atoms. The molecule has 0 radical (unpaired) electrons. The number of guanidine groups is 1. The second-order valence-corrected chi connectivity index (χ2v) is 6.81. The zero-order chi connectivity index (χ0) is 20.2. The number of aromatic nitrogens is 2. The molecule has 9 nitrogen and oxygen atoms in total. The quantitative estimate of drug-likeness (QED) is 0.491. The fourth-order valence-corrected chi connectivity index (χ4v) is 3.08. The van der Waals surface area contributed by atoms with E-state index >= 15 is 0 Å². The van der Waals surface area contributed by atoms with E-state index in [-0.39, 0.29) is 24.3 Å². The molecule has 28 heavy (non-hydrogen) atoms. The van der Waals surface area contributed by atoms with Crippen molar-refractivity contribution in [1.82, 2.24) is 20.6 Å². The number of hydrogen-bond acceptors (Lipinski definition) is 7. The van der Waals surface area contributed by atoms with Crippen LogP contribution in [0.4, 0.5) is 0 Å². The summed E-state index contributed by atoms with van der Waals surface area (Å²) in [4.78, 5) is 35.4. The van der Waals surface area contributed by atoms with Crippen LogP contribution in [0.15, 0.2) is 17.4 Å². The first-order valence-corrected chi connectivity index (χ1v) is 9.74. The molecule has 0 fully saturated rings. The van der Waals surface area contributed by atoms with E-state index < -0.39 is 5.97 Å². The van der Waals surface area contributed by atoms with Crippen LogP contribution in [0.25, 0.3) is 0 Å². The zero-order valence-corrected chi connectivity index (χ0v) is 16.3. The van der Waals surface area contributed by atoms with Crippen LogP contribution in [0.3, 0.4) is 0 Å². The molecule has 1 aliphatic rings. The van der Waals surface area contributed by atoms with E-state index in [4.69, 9.17) is 9.84 Å². The van der Waals surface area contributed by atoms with Crippen molar-refractivity contribution in [1.29, 1.82) is 0 Å². The lowest BCUT2D eigenvalue weighted by atomic mass is 9.92. The summed E-state index contributed by atoms with van der Waals surface area (Å²) >= 11 is 0. The van der Waals surface area contributed by atoms with Gasteiger partial charge in [-0.25, -0.2) is 9.97 Å². The maximum atomic E-state index is 11.9. The Balaban J connectivity index is 1.66. The van der Waals surface area contributed by atoms with Gasteiger partial charge in [-0.05, 0) is 30.7 Å². The van der Waals surface area contributed by atoms with Crippen molar-refractivity contribution in [2.45, 2.75) is 57.3 Å². The molecule has 1 atom stereocenters. The molecular weight excluding hydrogens is 362 g/mol. The Labute approximate surface area is 165 Å². The van der Waals surface area contributed by atoms with E-state index in [1.165, 1.54) is 7.11 Å². The molecule has 0 aliphatic carbocycles. The van der Waals surface area contributed by atoms with E-state index in [1.54, 1.807) is 12.4 Å². The topological polar surface area (TPSA) is 126 Å². The monoisotopic (exact) mass is 391 g/mol. The molecule has 1 unspecified atom stereocenters. The van der Waals surface area contributed by atoms with Gasteiger partial charge < -0.3 is 15.2 Å². The summed E-state index contributed by atoms with van der Waals surface area (Å²) in [5.74, 6) is -0.402. The minimum absolute atomic E-state index is 0.0210. The normalized spacial score (nSPS) is 14.5. The average Bonchev–Trinajstić information content (AvgIpc) is 2.70. The van der Waals surface area contributed by atoms with Gasteiger partial charge >= 0.3 is 12.0 Å². The van der Waals surface area contributed by atoms with Crippen LogP contribution < -0.4 is 15.4 Å². The number of nitrogens with one attached hydrogen (secondary N) is 2. The largest absolute Gasteiger partial charge is 0.481 e. The molecule has 2 heterocycles. The third kappa shape index (κ3) is 7.89. The number of rotatable bonds is 11. The van der Waals surface area contributed by atoms with E-state index in [1.807, 2.05) is 0 Å². The van der Waals surface area contributed by atoms with Gasteiger partial charge in [0, 0.05) is 31.9 Å². The van der Waals surface area contributed by atoms with Crippen LogP contribution in [0.5, 0.6) is 6.01 Å². The number of amides is 1. The number of methoxy groups -OCH3 is 1. The third-order valence-electron chi connectivity index (χ3n) is 4.58. The summed E-state index contributed by atoms with van der Waals surface area (Å²) in [6, 6.07) is 0.269. The fourth-order valence-electron chi connectivity index (χ4n) is 3.08. The van der Waals surface area contributed by atoms with Crippen LogP contribution in [-0.4, -0.2) is 53.1 Å². The number of nitrogens with zero attached hydrogens (tertiary/aromatic N) is 3. The van der Waals surface area contributed by atoms with Gasteiger partial charge in [0.05, 0.1) is 13.5 Å². The highest BCUT2D eigenvalue weighted by molar-refractivity contribution is 5.97. The van der Waals surface area contributed by atoms with Crippen molar-refractivity contribution < 1.29 is 19.4 Å². The summed E-state index contributed by atoms with van der Waals surface area (Å²) in [6.07, 6.45) is 9.07. The first kappa shape index (κ1) is 21.6. The van der Waals surface area contributed by atoms with Crippen molar-refractivity contribution in [3.63, 3.8) is 0 Å². The lowest BCUT2D eigenvalue weighted by molar-refractivity contribution is -0.137. The Kier molecular flexibility index (Phi) is 9.17. The molecule has 0 spiro atoms. The lowest BCUT2D eigenvalue weighted by Crippen LogP contribution is -2.43. The fraction of sp³-hybridized carbons (Fsp3) is 0.632. The van der Waals surface area contributed by atoms with Crippen LogP contribution >= 0.6 is 0 Å². The molecule has 1 aromatic rings. The standard InChI is InChI=1S/C19H29N5O4/c1-28-19-22-12-15(13-23-19)14(11-17(26)27)7-4-2-3-5-8-16(25)24-18-20-9-6-10-21-18/h12-14H,2-11H2,1H3,(H,26,27)(H2,20,21,24,25). The van der Waals surface area contributed by atoms with E-state index in [0.717, 1.165) is 57.2 Å². The summed E-state index contributed by atoms with van der Waals surface area (Å²) in [6.45, 7) is 1.59. The second-order valence-electron chi connectivity index (χ2n) is 6.81. The minimum atomic E-state index is -0.836. The number of aliphatic carboxylic acids is 1. The van der Waals surface area contributed by atoms with Gasteiger partial charge in [-0.15, -0.1) is 0 Å². The van der Waals surface area contributed by atoms with Crippen molar-refractivity contribution in [2.24, 2.45) is 4.99 Å². The Bertz CT molecular complexity index is 663. The van der Waals surface area contributed by atoms with Gasteiger partial charge in [-0.3, -0.25) is 19.9 Å². The highest BCUT2D eigenvalue weighted by Gasteiger charge is 2.16. The number of aliphatic imine (C=N–C) groups is 1. The number of hydrogen-bond donors (Lipinski definition) is 3. The summed E-state index contributed by atoms with van der Waals surface area (Å²) in [5, 5.41) is 15.0. The Morgan fingerprint density at radius 1 is 1.25 bits per heavy atom. The van der Waals surface area contributed by atoms with Crippen molar-refractivity contribution in [3.05, 3.63) is 18.0 Å². The molecule has 0 saturated carbocycles. The number of carbonyl (C=O) groups is 2. The number of ether oxygens (including phenoxy) is 1. The third-order valence-corrected chi connectivity index (χ3v) is 4.58. The average molecular weight is 391 g/mol. The summed E-state index contributed by atoms with van der Waals surface area (Å²) < 4.78 is 4.94. The molecule has 0 aromatic carbocycles.